The summed E-state index contributed by atoms with van der Waals surface area (Å²) in [7, 11) is 6.22. The van der Waals surface area contributed by atoms with Gasteiger partial charge in [0, 0.05) is 62.5 Å². The molecule has 0 amide bonds. The van der Waals surface area contributed by atoms with Gasteiger partial charge in [-0.25, -0.2) is 0 Å². The molecule has 7 nitrogen and oxygen atoms in total. The van der Waals surface area contributed by atoms with Crippen LogP contribution in [0.3, 0.4) is 0 Å². The van der Waals surface area contributed by atoms with E-state index in [1.165, 1.54) is 28.4 Å². The van der Waals surface area contributed by atoms with Gasteiger partial charge in [0.1, 0.15) is 12.7 Å². The molecule has 0 saturated carbocycles. The summed E-state index contributed by atoms with van der Waals surface area (Å²) in [4.78, 5) is 9.58. The van der Waals surface area contributed by atoms with E-state index < -0.39 is 18.8 Å². The predicted molar refractivity (Wildman–Crippen MR) is 119 cm³/mol. The standard InChI is InChI=1S/C22H33N3O4/c1-24(2)19-10-6-9-18-17(19)8-7-11-20(18)25(3)14-4-5-15-29-23-13-12-21(27)22(28)16-26/h6-11,13,21-22,26-28H,4-5,12,14-16H2,1-3H3/b23-13+. The Morgan fingerprint density at radius 3 is 2.28 bits per heavy atom. The lowest BCUT2D eigenvalue weighted by Gasteiger charge is -2.23. The zero-order valence-corrected chi connectivity index (χ0v) is 17.5. The zero-order valence-electron chi connectivity index (χ0n) is 17.5. The molecule has 0 fully saturated rings. The molecule has 0 aliphatic carbocycles. The largest absolute Gasteiger partial charge is 0.396 e. The van der Waals surface area contributed by atoms with Crippen molar-refractivity contribution >= 4 is 28.4 Å². The molecule has 7 heteroatoms. The third-order valence-corrected chi connectivity index (χ3v) is 4.88. The number of oxime groups is 1. The summed E-state index contributed by atoms with van der Waals surface area (Å²) in [6, 6.07) is 12.8. The molecule has 0 radical (unpaired) electrons. The number of unbranched alkanes of at least 4 members (excludes halogenated alkanes) is 1. The Labute approximate surface area is 172 Å². The van der Waals surface area contributed by atoms with Gasteiger partial charge in [0.25, 0.3) is 0 Å². The summed E-state index contributed by atoms with van der Waals surface area (Å²) in [6.45, 7) is 0.916. The highest BCUT2D eigenvalue weighted by atomic mass is 16.6. The Hall–Kier alpha value is -2.35. The second kappa shape index (κ2) is 11.6. The first-order valence-electron chi connectivity index (χ1n) is 9.96. The molecule has 0 bridgehead atoms. The van der Waals surface area contributed by atoms with Crippen molar-refractivity contribution in [3.63, 3.8) is 0 Å². The summed E-state index contributed by atoms with van der Waals surface area (Å²) in [5, 5.41) is 33.7. The zero-order chi connectivity index (χ0) is 21.2. The first-order chi connectivity index (χ1) is 14.0. The fraction of sp³-hybridized carbons (Fsp3) is 0.500. The third-order valence-electron chi connectivity index (χ3n) is 4.88. The maximum Gasteiger partial charge on any atom is 0.117 e. The quantitative estimate of drug-likeness (QED) is 0.286. The molecule has 0 saturated heterocycles. The SMILES string of the molecule is CN(C)c1cccc2c(N(C)CCCCO/N=C/CC(O)C(O)CO)cccc12. The fourth-order valence-corrected chi connectivity index (χ4v) is 3.17. The Morgan fingerprint density at radius 1 is 0.966 bits per heavy atom. The van der Waals surface area contributed by atoms with Gasteiger partial charge in [-0.2, -0.15) is 0 Å². The molecular weight excluding hydrogens is 370 g/mol. The normalized spacial score (nSPS) is 13.6. The predicted octanol–water partition coefficient (Wildman–Crippen LogP) is 2.23. The van der Waals surface area contributed by atoms with Crippen molar-refractivity contribution < 1.29 is 20.2 Å². The molecule has 2 aromatic rings. The van der Waals surface area contributed by atoms with Gasteiger partial charge >= 0.3 is 0 Å². The van der Waals surface area contributed by atoms with Gasteiger partial charge in [-0.1, -0.05) is 29.4 Å². The number of benzene rings is 2. The van der Waals surface area contributed by atoms with Gasteiger partial charge in [-0.15, -0.1) is 0 Å². The molecular formula is C22H33N3O4. The van der Waals surface area contributed by atoms with Crippen molar-refractivity contribution in [3.8, 4) is 0 Å². The van der Waals surface area contributed by atoms with Gasteiger partial charge in [0.05, 0.1) is 12.7 Å². The van der Waals surface area contributed by atoms with Crippen molar-refractivity contribution in [3.05, 3.63) is 36.4 Å². The highest BCUT2D eigenvalue weighted by molar-refractivity contribution is 6.01. The molecule has 0 aliphatic rings. The summed E-state index contributed by atoms with van der Waals surface area (Å²) < 4.78 is 0. The summed E-state index contributed by atoms with van der Waals surface area (Å²) in [5.41, 5.74) is 2.42. The van der Waals surface area contributed by atoms with E-state index in [2.05, 4.69) is 72.5 Å². The summed E-state index contributed by atoms with van der Waals surface area (Å²) >= 11 is 0. The number of rotatable bonds is 12. The first kappa shape index (κ1) is 22.9. The van der Waals surface area contributed by atoms with Crippen LogP contribution < -0.4 is 9.80 Å². The molecule has 160 valence electrons. The number of hydrogen-bond donors (Lipinski definition) is 3. The Bertz CT molecular complexity index is 782. The Balaban J connectivity index is 1.79. The van der Waals surface area contributed by atoms with E-state index in [-0.39, 0.29) is 6.42 Å². The van der Waals surface area contributed by atoms with Gasteiger partial charge < -0.3 is 30.0 Å². The summed E-state index contributed by atoms with van der Waals surface area (Å²) in [6.07, 6.45) is 1.18. The van der Waals surface area contributed by atoms with E-state index in [0.717, 1.165) is 19.4 Å². The highest BCUT2D eigenvalue weighted by Crippen LogP contribution is 2.32. The number of fused-ring (bicyclic) bond motifs is 1. The molecule has 2 rings (SSSR count). The van der Waals surface area contributed by atoms with Gasteiger partial charge in [-0.05, 0) is 25.0 Å². The van der Waals surface area contributed by atoms with Crippen LogP contribution in [0, 0.1) is 0 Å². The van der Waals surface area contributed by atoms with E-state index in [1.54, 1.807) is 0 Å². The van der Waals surface area contributed by atoms with E-state index in [9.17, 15) is 10.2 Å². The van der Waals surface area contributed by atoms with Crippen LogP contribution in [0.25, 0.3) is 10.8 Å². The molecule has 3 N–H and O–H groups in total. The van der Waals surface area contributed by atoms with Crippen LogP contribution in [-0.4, -0.2) is 74.6 Å². The monoisotopic (exact) mass is 403 g/mol. The van der Waals surface area contributed by atoms with Crippen LogP contribution in [0.4, 0.5) is 11.4 Å². The van der Waals surface area contributed by atoms with Crippen molar-refractivity contribution in [2.24, 2.45) is 5.16 Å². The topological polar surface area (TPSA) is 88.8 Å². The maximum absolute atomic E-state index is 9.49. The molecule has 2 aromatic carbocycles. The fourth-order valence-electron chi connectivity index (χ4n) is 3.17. The average Bonchev–Trinajstić information content (AvgIpc) is 2.73. The van der Waals surface area contributed by atoms with E-state index in [1.807, 2.05) is 0 Å². The van der Waals surface area contributed by atoms with Crippen LogP contribution in [-0.2, 0) is 4.84 Å². The number of nitrogens with zero attached hydrogens (tertiary/aromatic N) is 3. The highest BCUT2D eigenvalue weighted by Gasteiger charge is 2.13. The van der Waals surface area contributed by atoms with Crippen LogP contribution in [0.1, 0.15) is 19.3 Å². The number of hydrogen-bond acceptors (Lipinski definition) is 7. The molecule has 29 heavy (non-hydrogen) atoms. The number of aliphatic hydroxyl groups excluding tert-OH is 3. The van der Waals surface area contributed by atoms with E-state index >= 15 is 0 Å². The maximum atomic E-state index is 9.49. The first-order valence-corrected chi connectivity index (χ1v) is 9.96. The minimum Gasteiger partial charge on any atom is -0.396 e. The Morgan fingerprint density at radius 2 is 1.62 bits per heavy atom. The lowest BCUT2D eigenvalue weighted by atomic mass is 10.1. The van der Waals surface area contributed by atoms with Crippen molar-refractivity contribution in [2.75, 3.05) is 50.7 Å². The molecule has 0 aromatic heterocycles. The van der Waals surface area contributed by atoms with Crippen LogP contribution in [0.15, 0.2) is 41.6 Å². The minimum absolute atomic E-state index is 0.139. The molecule has 2 unspecified atom stereocenters. The number of aliphatic hydroxyl groups is 3. The van der Waals surface area contributed by atoms with Gasteiger partial charge in [-0.3, -0.25) is 0 Å². The van der Waals surface area contributed by atoms with Crippen molar-refractivity contribution in [1.29, 1.82) is 0 Å². The molecule has 0 heterocycles. The Kier molecular flexibility index (Phi) is 9.18. The second-order valence-electron chi connectivity index (χ2n) is 7.35. The lowest BCUT2D eigenvalue weighted by Crippen LogP contribution is -2.29. The van der Waals surface area contributed by atoms with Crippen molar-refractivity contribution in [1.82, 2.24) is 0 Å². The van der Waals surface area contributed by atoms with Crippen LogP contribution in [0.2, 0.25) is 0 Å². The molecule has 0 aliphatic heterocycles. The third kappa shape index (κ3) is 6.59. The van der Waals surface area contributed by atoms with E-state index in [0.29, 0.717) is 6.61 Å². The lowest BCUT2D eigenvalue weighted by molar-refractivity contribution is -0.00985. The van der Waals surface area contributed by atoms with Crippen LogP contribution in [0.5, 0.6) is 0 Å². The molecule has 2 atom stereocenters. The average molecular weight is 404 g/mol. The van der Waals surface area contributed by atoms with Crippen LogP contribution >= 0.6 is 0 Å². The van der Waals surface area contributed by atoms with Gasteiger partial charge in [0.2, 0.25) is 0 Å². The number of anilines is 2. The minimum atomic E-state index is -1.15. The van der Waals surface area contributed by atoms with E-state index in [4.69, 9.17) is 9.94 Å². The van der Waals surface area contributed by atoms with Gasteiger partial charge in [0.15, 0.2) is 0 Å². The summed E-state index contributed by atoms with van der Waals surface area (Å²) in [5.74, 6) is 0. The molecule has 0 spiro atoms. The smallest absolute Gasteiger partial charge is 0.117 e. The second-order valence-corrected chi connectivity index (χ2v) is 7.35. The van der Waals surface area contributed by atoms with Crippen molar-refractivity contribution in [2.45, 2.75) is 31.5 Å².